The van der Waals surface area contributed by atoms with Crippen molar-refractivity contribution in [2.75, 3.05) is 19.5 Å². The number of hydrogen-bond donors (Lipinski definition) is 1. The fourth-order valence-corrected chi connectivity index (χ4v) is 3.22. The maximum atomic E-state index is 12.3. The van der Waals surface area contributed by atoms with E-state index in [1.807, 2.05) is 60.7 Å². The summed E-state index contributed by atoms with van der Waals surface area (Å²) in [4.78, 5) is 16.9. The molecule has 0 saturated heterocycles. The van der Waals surface area contributed by atoms with Crippen LogP contribution in [0.4, 0.5) is 5.69 Å². The first-order chi connectivity index (χ1) is 14.1. The fourth-order valence-electron chi connectivity index (χ4n) is 3.22. The average molecular weight is 388 g/mol. The molecule has 0 radical (unpaired) electrons. The fraction of sp³-hybridized carbons (Fsp3) is 0.130. The molecule has 4 rings (SSSR count). The van der Waals surface area contributed by atoms with Crippen LogP contribution in [0.5, 0.6) is 5.75 Å². The zero-order chi connectivity index (χ0) is 20.4. The Balaban J connectivity index is 1.98. The van der Waals surface area contributed by atoms with Gasteiger partial charge in [0.1, 0.15) is 5.75 Å². The maximum absolute atomic E-state index is 12.3. The number of hydrogen-bond acceptors (Lipinski definition) is 6. The van der Waals surface area contributed by atoms with Crippen molar-refractivity contribution in [2.45, 2.75) is 6.92 Å². The van der Waals surface area contributed by atoms with Gasteiger partial charge in [-0.15, -0.1) is 0 Å². The molecule has 0 spiro atoms. The molecule has 2 heterocycles. The largest absolute Gasteiger partial charge is 0.497 e. The van der Waals surface area contributed by atoms with Gasteiger partial charge in [-0.3, -0.25) is 0 Å². The van der Waals surface area contributed by atoms with Crippen LogP contribution in [-0.4, -0.2) is 24.7 Å². The van der Waals surface area contributed by atoms with Gasteiger partial charge in [-0.2, -0.15) is 0 Å². The molecular weight excluding hydrogens is 368 g/mol. The molecule has 0 amide bonds. The summed E-state index contributed by atoms with van der Waals surface area (Å²) >= 11 is 0. The number of ether oxygens (including phenoxy) is 2. The quantitative estimate of drug-likeness (QED) is 0.488. The number of nitrogens with zero attached hydrogens (tertiary/aromatic N) is 1. The van der Waals surface area contributed by atoms with Crippen molar-refractivity contribution >= 4 is 22.8 Å². The van der Waals surface area contributed by atoms with E-state index in [1.165, 1.54) is 0 Å². The molecule has 0 fully saturated rings. The predicted octanol–water partition coefficient (Wildman–Crippen LogP) is 4.93. The summed E-state index contributed by atoms with van der Waals surface area (Å²) in [5.41, 5.74) is 10.2. The third-order valence-corrected chi connectivity index (χ3v) is 4.63. The highest BCUT2D eigenvalue weighted by Crippen LogP contribution is 2.39. The van der Waals surface area contributed by atoms with E-state index in [4.69, 9.17) is 19.6 Å². The monoisotopic (exact) mass is 388 g/mol. The molecule has 0 atom stereocenters. The Morgan fingerprint density at radius 2 is 1.79 bits per heavy atom. The number of nitrogen functional groups attached to an aromatic ring is 1. The van der Waals surface area contributed by atoms with Crippen molar-refractivity contribution in [3.05, 3.63) is 66.4 Å². The van der Waals surface area contributed by atoms with Crippen LogP contribution in [0.25, 0.3) is 33.5 Å². The molecule has 0 aliphatic rings. The van der Waals surface area contributed by atoms with Crippen molar-refractivity contribution in [1.29, 1.82) is 0 Å². The molecule has 0 saturated carbocycles. The van der Waals surface area contributed by atoms with E-state index in [0.29, 0.717) is 11.1 Å². The summed E-state index contributed by atoms with van der Waals surface area (Å²) in [5.74, 6) is 0.106. The molecule has 6 heteroatoms. The van der Waals surface area contributed by atoms with Gasteiger partial charge in [0.2, 0.25) is 11.5 Å². The molecule has 0 bridgehead atoms. The molecular formula is C23H20N2O4. The van der Waals surface area contributed by atoms with E-state index in [9.17, 15) is 4.79 Å². The molecule has 0 aliphatic heterocycles. The summed E-state index contributed by atoms with van der Waals surface area (Å²) in [6, 6.07) is 19.3. The number of nitrogens with two attached hydrogens (primary N) is 1. The van der Waals surface area contributed by atoms with Crippen molar-refractivity contribution < 1.29 is 18.7 Å². The number of benzene rings is 2. The normalized spacial score (nSPS) is 10.8. The highest BCUT2D eigenvalue weighted by molar-refractivity contribution is 6.09. The molecule has 2 aromatic carbocycles. The van der Waals surface area contributed by atoms with Gasteiger partial charge < -0.3 is 19.6 Å². The number of anilines is 1. The molecule has 6 nitrogen and oxygen atoms in total. The first-order valence-electron chi connectivity index (χ1n) is 9.22. The zero-order valence-electron chi connectivity index (χ0n) is 16.1. The second-order valence-corrected chi connectivity index (χ2v) is 6.40. The van der Waals surface area contributed by atoms with E-state index >= 15 is 0 Å². The lowest BCUT2D eigenvalue weighted by Gasteiger charge is -2.08. The van der Waals surface area contributed by atoms with Gasteiger partial charge in [0, 0.05) is 5.56 Å². The summed E-state index contributed by atoms with van der Waals surface area (Å²) < 4.78 is 16.1. The Morgan fingerprint density at radius 3 is 2.45 bits per heavy atom. The summed E-state index contributed by atoms with van der Waals surface area (Å²) in [6.07, 6.45) is 0. The van der Waals surface area contributed by atoms with Crippen LogP contribution in [0, 0.1) is 0 Å². The maximum Gasteiger partial charge on any atom is 0.376 e. The number of aromatic nitrogens is 1. The van der Waals surface area contributed by atoms with Crippen LogP contribution >= 0.6 is 0 Å². The van der Waals surface area contributed by atoms with Crippen LogP contribution in [-0.2, 0) is 4.74 Å². The van der Waals surface area contributed by atoms with Gasteiger partial charge >= 0.3 is 5.97 Å². The van der Waals surface area contributed by atoms with Crippen LogP contribution in [0.3, 0.4) is 0 Å². The van der Waals surface area contributed by atoms with Crippen molar-refractivity contribution in [3.63, 3.8) is 0 Å². The first-order valence-corrected chi connectivity index (χ1v) is 9.22. The van der Waals surface area contributed by atoms with Gasteiger partial charge in [-0.05, 0) is 36.2 Å². The number of fused-ring (bicyclic) bond motifs is 1. The molecule has 0 unspecified atom stereocenters. The smallest absolute Gasteiger partial charge is 0.376 e. The Bertz CT molecular complexity index is 1170. The van der Waals surface area contributed by atoms with Crippen LogP contribution in [0.2, 0.25) is 0 Å². The Kier molecular flexibility index (Phi) is 4.91. The standard InChI is InChI=1S/C23H20N2O4/c1-3-28-23(26)21-20(24)19-17(14-9-11-16(27-2)12-10-14)13-18(25-22(19)29-21)15-7-5-4-6-8-15/h4-13H,3,24H2,1-2H3. The molecule has 2 aromatic heterocycles. The van der Waals surface area contributed by atoms with Gasteiger partial charge in [0.15, 0.2) is 0 Å². The van der Waals surface area contributed by atoms with Crippen molar-refractivity contribution in [3.8, 4) is 28.1 Å². The third kappa shape index (κ3) is 3.40. The van der Waals surface area contributed by atoms with E-state index in [0.717, 1.165) is 22.4 Å². The number of esters is 1. The molecule has 29 heavy (non-hydrogen) atoms. The van der Waals surface area contributed by atoms with Crippen LogP contribution in [0.1, 0.15) is 17.5 Å². The first kappa shape index (κ1) is 18.6. The van der Waals surface area contributed by atoms with Crippen LogP contribution in [0.15, 0.2) is 65.1 Å². The summed E-state index contributed by atoms with van der Waals surface area (Å²) in [6.45, 7) is 1.95. The minimum atomic E-state index is -0.607. The highest BCUT2D eigenvalue weighted by atomic mass is 16.5. The molecule has 0 aliphatic carbocycles. The number of pyridine rings is 1. The lowest BCUT2D eigenvalue weighted by molar-refractivity contribution is 0.0494. The SMILES string of the molecule is CCOC(=O)c1oc2nc(-c3ccccc3)cc(-c3ccc(OC)cc3)c2c1N. The Morgan fingerprint density at radius 1 is 1.07 bits per heavy atom. The number of rotatable bonds is 5. The third-order valence-electron chi connectivity index (χ3n) is 4.63. The molecule has 2 N–H and O–H groups in total. The Labute approximate surface area is 167 Å². The number of carbonyl (C=O) groups is 1. The zero-order valence-corrected chi connectivity index (χ0v) is 16.1. The average Bonchev–Trinajstić information content (AvgIpc) is 3.10. The van der Waals surface area contributed by atoms with E-state index in [1.54, 1.807) is 14.0 Å². The second-order valence-electron chi connectivity index (χ2n) is 6.40. The van der Waals surface area contributed by atoms with Crippen molar-refractivity contribution in [2.24, 2.45) is 0 Å². The van der Waals surface area contributed by atoms with E-state index in [2.05, 4.69) is 4.98 Å². The molecule has 4 aromatic rings. The molecule has 146 valence electrons. The minimum Gasteiger partial charge on any atom is -0.497 e. The number of carbonyl (C=O) groups excluding carboxylic acids is 1. The minimum absolute atomic E-state index is 0.0330. The van der Waals surface area contributed by atoms with Crippen molar-refractivity contribution in [1.82, 2.24) is 4.98 Å². The van der Waals surface area contributed by atoms with Gasteiger partial charge in [-0.1, -0.05) is 42.5 Å². The number of furan rings is 1. The lowest BCUT2D eigenvalue weighted by atomic mass is 9.99. The lowest BCUT2D eigenvalue weighted by Crippen LogP contribution is -2.05. The second kappa shape index (κ2) is 7.67. The van der Waals surface area contributed by atoms with E-state index in [-0.39, 0.29) is 23.8 Å². The van der Waals surface area contributed by atoms with Gasteiger partial charge in [0.05, 0.1) is 30.5 Å². The Hall–Kier alpha value is -3.80. The number of methoxy groups -OCH3 is 1. The van der Waals surface area contributed by atoms with Gasteiger partial charge in [-0.25, -0.2) is 9.78 Å². The summed E-state index contributed by atoms with van der Waals surface area (Å²) in [5, 5.41) is 0.581. The topological polar surface area (TPSA) is 87.6 Å². The predicted molar refractivity (Wildman–Crippen MR) is 112 cm³/mol. The highest BCUT2D eigenvalue weighted by Gasteiger charge is 2.24. The van der Waals surface area contributed by atoms with Gasteiger partial charge in [0.25, 0.3) is 0 Å². The van der Waals surface area contributed by atoms with E-state index < -0.39 is 5.97 Å². The summed E-state index contributed by atoms with van der Waals surface area (Å²) in [7, 11) is 1.62. The van der Waals surface area contributed by atoms with Crippen LogP contribution < -0.4 is 10.5 Å².